The number of hydrogen-bond donors (Lipinski definition) is 2. The molecule has 2 unspecified atom stereocenters. The van der Waals surface area contributed by atoms with Crippen molar-refractivity contribution in [1.82, 2.24) is 4.37 Å². The van der Waals surface area contributed by atoms with Crippen molar-refractivity contribution in [2.75, 3.05) is 24.7 Å². The zero-order chi connectivity index (χ0) is 13.8. The standard InChI is InChI=1S/C13H21N3O2S/c1-8-4-3-5-9(6-8)7-15-12-10(13(17)18-2)11(14)16-19-12/h8-9,15H,3-7H2,1-2H3,(H2,14,16). The fourth-order valence-corrected chi connectivity index (χ4v) is 3.41. The summed E-state index contributed by atoms with van der Waals surface area (Å²) >= 11 is 1.22. The van der Waals surface area contributed by atoms with E-state index in [1.54, 1.807) is 0 Å². The number of ether oxygens (including phenoxy) is 1. The molecule has 0 amide bonds. The summed E-state index contributed by atoms with van der Waals surface area (Å²) in [6.07, 6.45) is 5.12. The molecule has 5 nitrogen and oxygen atoms in total. The number of nitrogens with one attached hydrogen (secondary N) is 1. The number of esters is 1. The summed E-state index contributed by atoms with van der Waals surface area (Å²) in [6.45, 7) is 3.17. The molecule has 1 fully saturated rings. The minimum atomic E-state index is -0.425. The van der Waals surface area contributed by atoms with Crippen molar-refractivity contribution in [3.8, 4) is 0 Å². The molecule has 3 N–H and O–H groups in total. The van der Waals surface area contributed by atoms with Crippen molar-refractivity contribution in [3.05, 3.63) is 5.56 Å². The first kappa shape index (κ1) is 14.1. The van der Waals surface area contributed by atoms with E-state index >= 15 is 0 Å². The van der Waals surface area contributed by atoms with Gasteiger partial charge in [0.05, 0.1) is 7.11 Å². The van der Waals surface area contributed by atoms with Crippen LogP contribution in [0.1, 0.15) is 43.0 Å². The number of nitrogen functional groups attached to an aromatic ring is 1. The lowest BCUT2D eigenvalue weighted by atomic mass is 9.82. The Morgan fingerprint density at radius 1 is 1.58 bits per heavy atom. The summed E-state index contributed by atoms with van der Waals surface area (Å²) in [5, 5.41) is 4.04. The minimum absolute atomic E-state index is 0.247. The van der Waals surface area contributed by atoms with Gasteiger partial charge in [-0.3, -0.25) is 0 Å². The highest BCUT2D eigenvalue weighted by Gasteiger charge is 2.22. The van der Waals surface area contributed by atoms with Crippen molar-refractivity contribution in [2.45, 2.75) is 32.6 Å². The van der Waals surface area contributed by atoms with Crippen molar-refractivity contribution >= 4 is 28.3 Å². The van der Waals surface area contributed by atoms with Crippen LogP contribution in [0.2, 0.25) is 0 Å². The second-order valence-electron chi connectivity index (χ2n) is 5.28. The lowest BCUT2D eigenvalue weighted by Crippen LogP contribution is -2.21. The van der Waals surface area contributed by atoms with Crippen molar-refractivity contribution < 1.29 is 9.53 Å². The molecule has 1 aliphatic rings. The summed E-state index contributed by atoms with van der Waals surface area (Å²) in [4.78, 5) is 11.6. The number of rotatable bonds is 4. The third-order valence-electron chi connectivity index (χ3n) is 3.70. The van der Waals surface area contributed by atoms with E-state index in [2.05, 4.69) is 16.6 Å². The molecule has 0 radical (unpaired) electrons. The predicted octanol–water partition coefficient (Wildman–Crippen LogP) is 2.75. The maximum Gasteiger partial charge on any atom is 0.344 e. The maximum absolute atomic E-state index is 11.6. The van der Waals surface area contributed by atoms with E-state index < -0.39 is 5.97 Å². The summed E-state index contributed by atoms with van der Waals surface area (Å²) in [5.74, 6) is 1.28. The Labute approximate surface area is 117 Å². The third kappa shape index (κ3) is 3.37. The summed E-state index contributed by atoms with van der Waals surface area (Å²) < 4.78 is 8.75. The van der Waals surface area contributed by atoms with E-state index in [1.165, 1.54) is 44.3 Å². The van der Waals surface area contributed by atoms with Crippen LogP contribution in [-0.4, -0.2) is 24.0 Å². The number of methoxy groups -OCH3 is 1. The average Bonchev–Trinajstić information content (AvgIpc) is 2.77. The van der Waals surface area contributed by atoms with Crippen molar-refractivity contribution in [3.63, 3.8) is 0 Å². The molecule has 2 atom stereocenters. The molecule has 0 aliphatic heterocycles. The molecule has 0 saturated heterocycles. The first-order valence-electron chi connectivity index (χ1n) is 6.69. The van der Waals surface area contributed by atoms with Crippen LogP contribution in [0.5, 0.6) is 0 Å². The smallest absolute Gasteiger partial charge is 0.344 e. The largest absolute Gasteiger partial charge is 0.465 e. The van der Waals surface area contributed by atoms with Gasteiger partial charge in [0.1, 0.15) is 10.6 Å². The molecule has 1 aliphatic carbocycles. The third-order valence-corrected chi connectivity index (χ3v) is 4.52. The van der Waals surface area contributed by atoms with Crippen molar-refractivity contribution in [2.24, 2.45) is 11.8 Å². The van der Waals surface area contributed by atoms with Gasteiger partial charge in [0.15, 0.2) is 5.82 Å². The number of aromatic nitrogens is 1. The van der Waals surface area contributed by atoms with Crippen LogP contribution in [-0.2, 0) is 4.74 Å². The van der Waals surface area contributed by atoms with Gasteiger partial charge in [0, 0.05) is 6.54 Å². The van der Waals surface area contributed by atoms with E-state index in [4.69, 9.17) is 10.5 Å². The number of anilines is 2. The Bertz CT molecular complexity index is 447. The molecular weight excluding hydrogens is 262 g/mol. The second-order valence-corrected chi connectivity index (χ2v) is 6.06. The van der Waals surface area contributed by atoms with E-state index in [1.807, 2.05) is 0 Å². The van der Waals surface area contributed by atoms with Gasteiger partial charge in [-0.1, -0.05) is 19.8 Å². The minimum Gasteiger partial charge on any atom is -0.465 e. The normalized spacial score (nSPS) is 23.1. The van der Waals surface area contributed by atoms with Gasteiger partial charge in [-0.15, -0.1) is 0 Å². The summed E-state index contributed by atoms with van der Waals surface area (Å²) in [5.41, 5.74) is 6.08. The molecule has 2 rings (SSSR count). The zero-order valence-electron chi connectivity index (χ0n) is 11.4. The van der Waals surface area contributed by atoms with Gasteiger partial charge in [0.25, 0.3) is 0 Å². The Hall–Kier alpha value is -1.30. The van der Waals surface area contributed by atoms with E-state index in [0.717, 1.165) is 17.5 Å². The topological polar surface area (TPSA) is 77.2 Å². The van der Waals surface area contributed by atoms with Gasteiger partial charge in [0.2, 0.25) is 0 Å². The van der Waals surface area contributed by atoms with Crippen LogP contribution >= 0.6 is 11.5 Å². The monoisotopic (exact) mass is 283 g/mol. The lowest BCUT2D eigenvalue weighted by Gasteiger charge is -2.26. The van der Waals surface area contributed by atoms with Crippen LogP contribution in [0, 0.1) is 11.8 Å². The second kappa shape index (κ2) is 6.23. The first-order valence-corrected chi connectivity index (χ1v) is 7.46. The molecule has 0 spiro atoms. The molecule has 1 heterocycles. The fourth-order valence-electron chi connectivity index (χ4n) is 2.70. The fraction of sp³-hybridized carbons (Fsp3) is 0.692. The highest BCUT2D eigenvalue weighted by atomic mass is 32.1. The molecule has 106 valence electrons. The predicted molar refractivity (Wildman–Crippen MR) is 77.5 cm³/mol. The average molecular weight is 283 g/mol. The number of hydrogen-bond acceptors (Lipinski definition) is 6. The first-order chi connectivity index (χ1) is 9.11. The molecule has 0 aromatic carbocycles. The zero-order valence-corrected chi connectivity index (χ0v) is 12.3. The molecule has 19 heavy (non-hydrogen) atoms. The highest BCUT2D eigenvalue weighted by Crippen LogP contribution is 2.31. The van der Waals surface area contributed by atoms with Crippen LogP contribution in [0.15, 0.2) is 0 Å². The number of carbonyl (C=O) groups excluding carboxylic acids is 1. The highest BCUT2D eigenvalue weighted by molar-refractivity contribution is 7.11. The molecule has 1 saturated carbocycles. The van der Waals surface area contributed by atoms with Gasteiger partial charge in [-0.25, -0.2) is 4.79 Å². The van der Waals surface area contributed by atoms with Gasteiger partial charge in [-0.2, -0.15) is 4.37 Å². The van der Waals surface area contributed by atoms with Crippen LogP contribution in [0.25, 0.3) is 0 Å². The van der Waals surface area contributed by atoms with Crippen LogP contribution in [0.3, 0.4) is 0 Å². The molecule has 1 aromatic rings. The molecule has 1 aromatic heterocycles. The van der Waals surface area contributed by atoms with E-state index in [-0.39, 0.29) is 5.82 Å². The SMILES string of the molecule is COC(=O)c1c(N)nsc1NCC1CCCC(C)C1. The van der Waals surface area contributed by atoms with Crippen molar-refractivity contribution in [1.29, 1.82) is 0 Å². The number of nitrogens with zero attached hydrogens (tertiary/aromatic N) is 1. The molecule has 0 bridgehead atoms. The number of nitrogens with two attached hydrogens (primary N) is 1. The quantitative estimate of drug-likeness (QED) is 0.831. The summed E-state index contributed by atoms with van der Waals surface area (Å²) in [6, 6.07) is 0. The maximum atomic E-state index is 11.6. The Morgan fingerprint density at radius 2 is 2.37 bits per heavy atom. The van der Waals surface area contributed by atoms with Gasteiger partial charge >= 0.3 is 5.97 Å². The summed E-state index contributed by atoms with van der Waals surface area (Å²) in [7, 11) is 1.35. The Kier molecular flexibility index (Phi) is 4.63. The van der Waals surface area contributed by atoms with Gasteiger partial charge < -0.3 is 15.8 Å². The molecule has 6 heteroatoms. The van der Waals surface area contributed by atoms with Gasteiger partial charge in [-0.05, 0) is 36.2 Å². The van der Waals surface area contributed by atoms with Crippen LogP contribution < -0.4 is 11.1 Å². The van der Waals surface area contributed by atoms with E-state index in [0.29, 0.717) is 11.5 Å². The van der Waals surface area contributed by atoms with E-state index in [9.17, 15) is 4.79 Å². The molecular formula is C13H21N3O2S. The Morgan fingerprint density at radius 3 is 3.05 bits per heavy atom. The Balaban J connectivity index is 1.97. The number of carbonyl (C=O) groups is 1. The lowest BCUT2D eigenvalue weighted by molar-refractivity contribution is 0.0603. The van der Waals surface area contributed by atoms with Crippen LogP contribution in [0.4, 0.5) is 10.8 Å².